The van der Waals surface area contributed by atoms with Gasteiger partial charge in [-0.1, -0.05) is 23.7 Å². The molecule has 0 radical (unpaired) electrons. The van der Waals surface area contributed by atoms with Crippen molar-refractivity contribution in [1.29, 1.82) is 0 Å². The lowest BCUT2D eigenvalue weighted by Gasteiger charge is -2.16. The Morgan fingerprint density at radius 3 is 2.81 bits per heavy atom. The van der Waals surface area contributed by atoms with Crippen LogP contribution in [0.15, 0.2) is 55.0 Å². The molecule has 0 unspecified atom stereocenters. The highest BCUT2D eigenvalue weighted by Crippen LogP contribution is 2.46. The van der Waals surface area contributed by atoms with Gasteiger partial charge in [-0.05, 0) is 42.7 Å². The van der Waals surface area contributed by atoms with Crippen molar-refractivity contribution >= 4 is 23.3 Å². The van der Waals surface area contributed by atoms with Crippen molar-refractivity contribution in [2.45, 2.75) is 19.4 Å². The predicted octanol–water partition coefficient (Wildman–Crippen LogP) is 3.39. The lowest BCUT2D eigenvalue weighted by atomic mass is 10.0. The van der Waals surface area contributed by atoms with Crippen molar-refractivity contribution in [1.82, 2.24) is 20.1 Å². The summed E-state index contributed by atoms with van der Waals surface area (Å²) in [6, 6.07) is 11.1. The molecule has 1 aromatic carbocycles. The number of aromatic nitrogens is 3. The number of nitrogens with two attached hydrogens (primary N) is 1. The number of nitrogens with one attached hydrogen (secondary N) is 1. The smallest absolute Gasteiger partial charge is 0.251 e. The average molecular weight is 382 g/mol. The van der Waals surface area contributed by atoms with Crippen molar-refractivity contribution in [3.05, 3.63) is 65.6 Å². The van der Waals surface area contributed by atoms with Gasteiger partial charge in [0.25, 0.3) is 5.91 Å². The van der Waals surface area contributed by atoms with E-state index >= 15 is 0 Å². The number of amides is 1. The van der Waals surface area contributed by atoms with Gasteiger partial charge in [-0.15, -0.1) is 0 Å². The van der Waals surface area contributed by atoms with Gasteiger partial charge < -0.3 is 11.1 Å². The fourth-order valence-corrected chi connectivity index (χ4v) is 3.29. The monoisotopic (exact) mass is 381 g/mol. The number of nitrogen functional groups attached to an aromatic ring is 1. The van der Waals surface area contributed by atoms with Gasteiger partial charge in [0.05, 0.1) is 5.02 Å². The molecule has 27 heavy (non-hydrogen) atoms. The zero-order valence-electron chi connectivity index (χ0n) is 14.7. The van der Waals surface area contributed by atoms with E-state index in [0.29, 0.717) is 22.9 Å². The van der Waals surface area contributed by atoms with Crippen molar-refractivity contribution in [3.8, 4) is 11.1 Å². The minimum Gasteiger partial charge on any atom is -0.382 e. The number of nitrogens with zero attached hydrogens (tertiary/aromatic N) is 3. The molecule has 6 nitrogen and oxygen atoms in total. The van der Waals surface area contributed by atoms with Gasteiger partial charge in [-0.2, -0.15) is 5.10 Å². The molecule has 1 amide bonds. The third-order valence-corrected chi connectivity index (χ3v) is 5.27. The maximum absolute atomic E-state index is 12.6. The Labute approximate surface area is 162 Å². The molecule has 1 aliphatic rings. The molecular formula is C20H20ClN5O. The van der Waals surface area contributed by atoms with Gasteiger partial charge in [0.2, 0.25) is 0 Å². The van der Waals surface area contributed by atoms with E-state index in [-0.39, 0.29) is 11.3 Å². The number of anilines is 1. The summed E-state index contributed by atoms with van der Waals surface area (Å²) in [4.78, 5) is 16.7. The number of carbonyl (C=O) groups is 1. The average Bonchev–Trinajstić information content (AvgIpc) is 3.25. The quantitative estimate of drug-likeness (QED) is 0.685. The van der Waals surface area contributed by atoms with E-state index < -0.39 is 0 Å². The van der Waals surface area contributed by atoms with Gasteiger partial charge in [-0.3, -0.25) is 9.48 Å². The molecule has 3 aromatic rings. The Balaban J connectivity index is 1.44. The van der Waals surface area contributed by atoms with Crippen LogP contribution in [0.3, 0.4) is 0 Å². The van der Waals surface area contributed by atoms with E-state index in [0.717, 1.165) is 30.5 Å². The van der Waals surface area contributed by atoms with Crippen LogP contribution in [0.1, 0.15) is 23.2 Å². The van der Waals surface area contributed by atoms with E-state index in [4.69, 9.17) is 17.3 Å². The first-order chi connectivity index (χ1) is 13.0. The molecule has 138 valence electrons. The molecule has 4 rings (SSSR count). The zero-order valence-corrected chi connectivity index (χ0v) is 15.5. The molecule has 0 saturated heterocycles. The fourth-order valence-electron chi connectivity index (χ4n) is 3.12. The Bertz CT molecular complexity index is 966. The SMILES string of the molecule is Nc1ncc(-c2cccc(C(=O)NCC3(Cn4cccn4)CC3)c2)cc1Cl. The predicted molar refractivity (Wildman–Crippen MR) is 105 cm³/mol. The van der Waals surface area contributed by atoms with Crippen molar-refractivity contribution < 1.29 is 4.79 Å². The minimum atomic E-state index is -0.0851. The molecule has 0 bridgehead atoms. The normalized spacial score (nSPS) is 14.7. The summed E-state index contributed by atoms with van der Waals surface area (Å²) in [5.74, 6) is 0.208. The van der Waals surface area contributed by atoms with Gasteiger partial charge >= 0.3 is 0 Å². The first-order valence-corrected chi connectivity index (χ1v) is 9.20. The van der Waals surface area contributed by atoms with Crippen molar-refractivity contribution in [3.63, 3.8) is 0 Å². The van der Waals surface area contributed by atoms with E-state index in [2.05, 4.69) is 15.4 Å². The molecule has 2 aromatic heterocycles. The van der Waals surface area contributed by atoms with E-state index in [1.807, 2.05) is 35.1 Å². The number of halogens is 1. The van der Waals surface area contributed by atoms with Crippen LogP contribution < -0.4 is 11.1 Å². The summed E-state index contributed by atoms with van der Waals surface area (Å²) in [5, 5.41) is 7.73. The second-order valence-electron chi connectivity index (χ2n) is 7.06. The number of rotatable bonds is 6. The van der Waals surface area contributed by atoms with Crippen LogP contribution in [0.2, 0.25) is 5.02 Å². The largest absolute Gasteiger partial charge is 0.382 e. The zero-order chi connectivity index (χ0) is 18.9. The summed E-state index contributed by atoms with van der Waals surface area (Å²) < 4.78 is 1.93. The first-order valence-electron chi connectivity index (χ1n) is 8.82. The molecule has 1 fully saturated rings. The topological polar surface area (TPSA) is 85.8 Å². The number of carbonyl (C=O) groups excluding carboxylic acids is 1. The standard InChI is InChI=1S/C20H20ClN5O/c21-17-10-16(11-23-18(17)22)14-3-1-4-15(9-14)19(27)24-12-20(5-6-20)13-26-8-2-7-25-26/h1-4,7-11H,5-6,12-13H2,(H2,22,23)(H,24,27). The second-order valence-corrected chi connectivity index (χ2v) is 7.47. The summed E-state index contributed by atoms with van der Waals surface area (Å²) in [7, 11) is 0. The number of hydrogen-bond donors (Lipinski definition) is 2. The van der Waals surface area contributed by atoms with Crippen LogP contribution in [-0.4, -0.2) is 27.2 Å². The van der Waals surface area contributed by atoms with E-state index in [1.165, 1.54) is 0 Å². The van der Waals surface area contributed by atoms with Gasteiger partial charge in [0, 0.05) is 48.2 Å². The molecule has 1 aliphatic carbocycles. The van der Waals surface area contributed by atoms with Crippen LogP contribution in [0.4, 0.5) is 5.82 Å². The van der Waals surface area contributed by atoms with Crippen molar-refractivity contribution in [2.75, 3.05) is 12.3 Å². The summed E-state index contributed by atoms with van der Waals surface area (Å²) in [5.41, 5.74) is 8.08. The van der Waals surface area contributed by atoms with Crippen LogP contribution in [0.25, 0.3) is 11.1 Å². The molecule has 0 atom stereocenters. The lowest BCUT2D eigenvalue weighted by Crippen LogP contribution is -2.32. The first kappa shape index (κ1) is 17.5. The maximum atomic E-state index is 12.6. The number of benzene rings is 1. The summed E-state index contributed by atoms with van der Waals surface area (Å²) in [6.45, 7) is 1.47. The van der Waals surface area contributed by atoms with E-state index in [9.17, 15) is 4.79 Å². The fraction of sp³-hybridized carbons (Fsp3) is 0.250. The second kappa shape index (κ2) is 7.04. The highest BCUT2D eigenvalue weighted by Gasteiger charge is 2.43. The summed E-state index contributed by atoms with van der Waals surface area (Å²) in [6.07, 6.45) is 7.59. The highest BCUT2D eigenvalue weighted by atomic mass is 35.5. The molecule has 1 saturated carbocycles. The Morgan fingerprint density at radius 1 is 1.26 bits per heavy atom. The third kappa shape index (κ3) is 3.95. The Morgan fingerprint density at radius 2 is 2.11 bits per heavy atom. The lowest BCUT2D eigenvalue weighted by molar-refractivity contribution is 0.0942. The molecule has 0 aliphatic heterocycles. The van der Waals surface area contributed by atoms with Crippen LogP contribution in [0.5, 0.6) is 0 Å². The molecule has 7 heteroatoms. The summed E-state index contributed by atoms with van der Waals surface area (Å²) >= 11 is 6.06. The molecule has 2 heterocycles. The highest BCUT2D eigenvalue weighted by molar-refractivity contribution is 6.33. The molecule has 0 spiro atoms. The van der Waals surface area contributed by atoms with Gasteiger partial charge in [-0.25, -0.2) is 4.98 Å². The number of pyridine rings is 1. The Kier molecular flexibility index (Phi) is 4.58. The van der Waals surface area contributed by atoms with Crippen molar-refractivity contribution in [2.24, 2.45) is 5.41 Å². The minimum absolute atomic E-state index is 0.0851. The van der Waals surface area contributed by atoms with Crippen LogP contribution in [0, 0.1) is 5.41 Å². The molecular weight excluding hydrogens is 362 g/mol. The third-order valence-electron chi connectivity index (χ3n) is 4.97. The van der Waals surface area contributed by atoms with Crippen LogP contribution >= 0.6 is 11.6 Å². The molecule has 3 N–H and O–H groups in total. The van der Waals surface area contributed by atoms with Gasteiger partial charge in [0.15, 0.2) is 0 Å². The maximum Gasteiger partial charge on any atom is 0.251 e. The van der Waals surface area contributed by atoms with E-state index in [1.54, 1.807) is 24.5 Å². The van der Waals surface area contributed by atoms with Crippen LogP contribution in [-0.2, 0) is 6.54 Å². The number of hydrogen-bond acceptors (Lipinski definition) is 4. The van der Waals surface area contributed by atoms with Gasteiger partial charge in [0.1, 0.15) is 5.82 Å². The Hall–Kier alpha value is -2.86.